The zero-order valence-electron chi connectivity index (χ0n) is 50.4. The summed E-state index contributed by atoms with van der Waals surface area (Å²) in [5, 5.41) is 30.1. The van der Waals surface area contributed by atoms with Crippen LogP contribution in [-0.2, 0) is 48.4 Å². The van der Waals surface area contributed by atoms with Gasteiger partial charge in [0.2, 0.25) is 29.5 Å². The van der Waals surface area contributed by atoms with Crippen molar-refractivity contribution in [3.8, 4) is 0 Å². The lowest BCUT2D eigenvalue weighted by atomic mass is 10.0. The molecule has 3 aliphatic rings. The van der Waals surface area contributed by atoms with Crippen molar-refractivity contribution in [2.75, 3.05) is 36.0 Å². The van der Waals surface area contributed by atoms with Crippen molar-refractivity contribution in [3.05, 3.63) is 160 Å². The van der Waals surface area contributed by atoms with Crippen LogP contribution in [0.4, 0.5) is 17.5 Å². The first-order valence-corrected chi connectivity index (χ1v) is 30.9. The molecule has 3 saturated heterocycles. The SMILES string of the molecule is C.NC(=O)c1nn(CC(=O)N2CCCC[C@H]2C(=O)Nc2cccc(Cl)n2)c2ccccc12.NC(=O)c1nn(CC(=O)N2CCCC[C@H]2C(=O)Nc2cccc(Cl)n2)c2ccccc12.NC(=O)c1nn(CC(=O)N2CCCC[C@H]2C(=O)O)c2ccccc12.Nc1cccc(Cl)n1. The minimum absolute atomic E-state index is 0. The number of nitrogens with zero attached hydrogens (tertiary/aromatic N) is 12. The number of carboxylic acids is 1. The molecule has 3 atom stereocenters. The van der Waals surface area contributed by atoms with Gasteiger partial charge in [-0.2, -0.15) is 15.3 Å². The van der Waals surface area contributed by atoms with Crippen LogP contribution < -0.4 is 33.6 Å². The number of carboxylic acid groups (broad SMARTS) is 1. The Bertz CT molecular complexity index is 4130. The number of benzene rings is 3. The topological polar surface area (TPSA) is 404 Å². The Hall–Kier alpha value is -10.6. The maximum atomic E-state index is 13.1. The van der Waals surface area contributed by atoms with Crippen molar-refractivity contribution >= 4 is 138 Å². The molecule has 3 fully saturated rings. The van der Waals surface area contributed by atoms with Crippen molar-refractivity contribution in [2.24, 2.45) is 17.2 Å². The van der Waals surface area contributed by atoms with Crippen molar-refractivity contribution in [3.63, 3.8) is 0 Å². The average molecular weight is 1360 g/mol. The highest BCUT2D eigenvalue weighted by Gasteiger charge is 2.36. The Balaban J connectivity index is 0.000000172. The van der Waals surface area contributed by atoms with Crippen molar-refractivity contribution in [2.45, 2.75) is 103 Å². The smallest absolute Gasteiger partial charge is 0.326 e. The number of nitrogens with one attached hydrogen (secondary N) is 2. The van der Waals surface area contributed by atoms with Crippen molar-refractivity contribution < 1.29 is 48.3 Å². The zero-order valence-corrected chi connectivity index (χ0v) is 52.7. The number of para-hydroxylation sites is 3. The minimum Gasteiger partial charge on any atom is -0.480 e. The average Bonchev–Trinajstić information content (AvgIpc) is 1.68. The van der Waals surface area contributed by atoms with E-state index in [9.17, 15) is 48.3 Å². The molecule has 28 nitrogen and oxygen atoms in total. The van der Waals surface area contributed by atoms with Gasteiger partial charge in [0, 0.05) is 35.8 Å². The van der Waals surface area contributed by atoms with Crippen LogP contribution in [0.2, 0.25) is 15.5 Å². The van der Waals surface area contributed by atoms with E-state index in [1.807, 2.05) is 0 Å². The fourth-order valence-electron chi connectivity index (χ4n) is 11.2. The van der Waals surface area contributed by atoms with Crippen LogP contribution >= 0.6 is 34.8 Å². The van der Waals surface area contributed by atoms with E-state index in [1.165, 1.54) is 18.9 Å². The Morgan fingerprint density at radius 2 is 0.747 bits per heavy atom. The highest BCUT2D eigenvalue weighted by Crippen LogP contribution is 2.26. The number of hydrogen-bond donors (Lipinski definition) is 7. The molecule has 0 saturated carbocycles. The van der Waals surface area contributed by atoms with E-state index in [0.717, 1.165) is 38.5 Å². The summed E-state index contributed by atoms with van der Waals surface area (Å²) in [6, 6.07) is 34.1. The van der Waals surface area contributed by atoms with Gasteiger partial charge in [0.15, 0.2) is 17.1 Å². The van der Waals surface area contributed by atoms with E-state index in [-0.39, 0.29) is 84.0 Å². The molecule has 11 N–H and O–H groups in total. The number of rotatable bonds is 14. The van der Waals surface area contributed by atoms with Crippen LogP contribution in [0.5, 0.6) is 0 Å². The normalized spacial score (nSPS) is 15.9. The number of halogens is 3. The Morgan fingerprint density at radius 1 is 0.432 bits per heavy atom. The first kappa shape index (κ1) is 70.3. The number of aliphatic carboxylic acids is 1. The summed E-state index contributed by atoms with van der Waals surface area (Å²) in [7, 11) is 0. The molecule has 6 aromatic heterocycles. The fourth-order valence-corrected chi connectivity index (χ4v) is 11.7. The monoisotopic (exact) mass is 1350 g/mol. The maximum Gasteiger partial charge on any atom is 0.326 e. The molecule has 0 radical (unpaired) electrons. The van der Waals surface area contributed by atoms with Gasteiger partial charge in [-0.25, -0.2) is 19.7 Å². The second kappa shape index (κ2) is 32.3. The number of anilines is 3. The molecule has 0 spiro atoms. The van der Waals surface area contributed by atoms with Crippen LogP contribution in [0.15, 0.2) is 127 Å². The van der Waals surface area contributed by atoms with Gasteiger partial charge in [0.25, 0.3) is 17.7 Å². The predicted octanol–water partition coefficient (Wildman–Crippen LogP) is 6.96. The molecule has 8 amide bonds. The summed E-state index contributed by atoms with van der Waals surface area (Å²) in [5.41, 5.74) is 23.7. The van der Waals surface area contributed by atoms with Crippen LogP contribution in [-0.4, -0.2) is 155 Å². The summed E-state index contributed by atoms with van der Waals surface area (Å²) >= 11 is 17.2. The summed E-state index contributed by atoms with van der Waals surface area (Å²) in [6.07, 6.45) is 6.39. The molecule has 9 aromatic rings. The highest BCUT2D eigenvalue weighted by atomic mass is 35.5. The van der Waals surface area contributed by atoms with E-state index < -0.39 is 41.8 Å². The Kier molecular flexibility index (Phi) is 23.9. The number of amides is 8. The van der Waals surface area contributed by atoms with Gasteiger partial charge in [-0.05, 0) is 112 Å². The first-order valence-electron chi connectivity index (χ1n) is 29.8. The maximum absolute atomic E-state index is 13.1. The van der Waals surface area contributed by atoms with Gasteiger partial charge in [-0.1, -0.05) is 115 Å². The number of primary amides is 3. The van der Waals surface area contributed by atoms with Crippen LogP contribution in [0, 0.1) is 0 Å². The molecule has 0 bridgehead atoms. The quantitative estimate of drug-likeness (QED) is 0.0541. The third-order valence-corrected chi connectivity index (χ3v) is 16.2. The van der Waals surface area contributed by atoms with Gasteiger partial charge < -0.3 is 53.4 Å². The molecule has 9 heterocycles. The summed E-state index contributed by atoms with van der Waals surface area (Å²) in [6.45, 7) is 0.999. The van der Waals surface area contributed by atoms with Crippen molar-refractivity contribution in [1.29, 1.82) is 0 Å². The second-order valence-corrected chi connectivity index (χ2v) is 23.0. The van der Waals surface area contributed by atoms with E-state index in [4.69, 9.17) is 57.7 Å². The molecule has 12 rings (SSSR count). The summed E-state index contributed by atoms with van der Waals surface area (Å²) < 4.78 is 4.32. The fraction of sp³-hybridized carbons (Fsp3) is 0.297. The molecule has 0 aliphatic carbocycles. The Morgan fingerprint density at radius 3 is 1.05 bits per heavy atom. The van der Waals surface area contributed by atoms with Gasteiger partial charge in [-0.3, -0.25) is 52.4 Å². The molecular weight excluding hydrogens is 1290 g/mol. The van der Waals surface area contributed by atoms with Crippen LogP contribution in [0.25, 0.3) is 32.7 Å². The number of nitrogens with two attached hydrogens (primary N) is 4. The second-order valence-electron chi connectivity index (χ2n) is 21.9. The summed E-state index contributed by atoms with van der Waals surface area (Å²) in [5.74, 6) is -3.34. The van der Waals surface area contributed by atoms with Crippen LogP contribution in [0.3, 0.4) is 0 Å². The third kappa shape index (κ3) is 17.6. The lowest BCUT2D eigenvalue weighted by Crippen LogP contribution is -2.51. The number of hydrogen-bond acceptors (Lipinski definition) is 16. The number of aromatic nitrogens is 9. The predicted molar refractivity (Wildman–Crippen MR) is 357 cm³/mol. The number of fused-ring (bicyclic) bond motifs is 3. The van der Waals surface area contributed by atoms with E-state index in [2.05, 4.69) is 40.9 Å². The largest absolute Gasteiger partial charge is 0.480 e. The molecule has 95 heavy (non-hydrogen) atoms. The standard InChI is InChI=1S/2C21H21ClN6O3.C16H18N4O4.C5H5ClN2.CH4/c2*22-16-9-5-10-17(24-16)25-21(31)15-8-3-4-11-27(15)18(29)12-28-14-7-2-1-6-13(14)19(26-28)20(23)30;17-15(22)14-10-5-1-2-6-11(10)20(18-14)9-13(21)19-8-4-3-7-12(19)16(23)24;6-4-2-1-3-5(7)8-4;/h2*1-2,5-7,9-10,15H,3-4,8,11-12H2,(H2,23,30)(H,24,25,31);1-2,5-6,12H,3-4,7-9H2,(H2,17,22)(H,23,24);1-3H,(H2,7,8);1H4/t2*15-;12-;;/m000../s1. The van der Waals surface area contributed by atoms with E-state index >= 15 is 0 Å². The van der Waals surface area contributed by atoms with Crippen LogP contribution in [0.1, 0.15) is 96.7 Å². The number of piperidine rings is 3. The van der Waals surface area contributed by atoms with Gasteiger partial charge in [0.1, 0.15) is 70.7 Å². The zero-order chi connectivity index (χ0) is 67.2. The number of carbonyl (C=O) groups is 9. The lowest BCUT2D eigenvalue weighted by Gasteiger charge is -2.34. The third-order valence-electron chi connectivity index (χ3n) is 15.6. The van der Waals surface area contributed by atoms with Gasteiger partial charge >= 0.3 is 5.97 Å². The van der Waals surface area contributed by atoms with E-state index in [1.54, 1.807) is 137 Å². The van der Waals surface area contributed by atoms with Gasteiger partial charge in [0.05, 0.1) is 16.6 Å². The number of nitrogen functional groups attached to an aromatic ring is 1. The molecular formula is C64H69Cl3N18O10. The molecule has 3 aliphatic heterocycles. The summed E-state index contributed by atoms with van der Waals surface area (Å²) in [4.78, 5) is 127. The first-order chi connectivity index (χ1) is 45.1. The number of pyridine rings is 3. The van der Waals surface area contributed by atoms with Crippen molar-refractivity contribution in [1.82, 2.24) is 59.0 Å². The molecule has 31 heteroatoms. The van der Waals surface area contributed by atoms with Gasteiger partial charge in [-0.15, -0.1) is 0 Å². The van der Waals surface area contributed by atoms with E-state index in [0.29, 0.717) is 94.2 Å². The Labute approximate surface area is 558 Å². The highest BCUT2D eigenvalue weighted by molar-refractivity contribution is 6.30. The molecule has 0 unspecified atom stereocenters. The lowest BCUT2D eigenvalue weighted by molar-refractivity contribution is -0.152. The molecule has 3 aromatic carbocycles. The number of carbonyl (C=O) groups excluding carboxylic acids is 8. The minimum atomic E-state index is -0.994. The number of likely N-dealkylation sites (tertiary alicyclic amines) is 3. The molecule has 496 valence electrons.